The van der Waals surface area contributed by atoms with E-state index in [-0.39, 0.29) is 11.8 Å². The van der Waals surface area contributed by atoms with E-state index in [0.717, 1.165) is 17.0 Å². The molecule has 0 aliphatic rings. The van der Waals surface area contributed by atoms with Gasteiger partial charge in [0.1, 0.15) is 24.8 Å². The van der Waals surface area contributed by atoms with E-state index < -0.39 is 0 Å². The fraction of sp³-hybridized carbons (Fsp3) is 0.368. The summed E-state index contributed by atoms with van der Waals surface area (Å²) in [4.78, 5) is 12.6. The molecule has 0 aliphatic carbocycles. The first-order valence-electron chi connectivity index (χ1n) is 8.31. The number of ether oxygens (including phenoxy) is 2. The highest BCUT2D eigenvalue weighted by atomic mass is 16.5. The van der Waals surface area contributed by atoms with Crippen molar-refractivity contribution in [3.8, 4) is 5.75 Å². The van der Waals surface area contributed by atoms with Crippen LogP contribution < -0.4 is 15.0 Å². The van der Waals surface area contributed by atoms with Crippen molar-refractivity contribution in [1.82, 2.24) is 4.57 Å². The number of aryl methyl sites for hydroxylation is 2. The maximum absolute atomic E-state index is 12.6. The molecular formula is C19H25BN2O3. The van der Waals surface area contributed by atoms with Crippen molar-refractivity contribution in [1.29, 1.82) is 0 Å². The van der Waals surface area contributed by atoms with Gasteiger partial charge in [0.15, 0.2) is 0 Å². The lowest BCUT2D eigenvalue weighted by molar-refractivity contribution is -0.653. The summed E-state index contributed by atoms with van der Waals surface area (Å²) < 4.78 is 14.6. The number of hydrogen-bond donors (Lipinski definition) is 0. The molecule has 1 atom stereocenters. The minimum Gasteiger partial charge on any atom is -0.497 e. The molecule has 2 rings (SSSR count). The van der Waals surface area contributed by atoms with Crippen LogP contribution in [-0.2, 0) is 30.0 Å². The van der Waals surface area contributed by atoms with E-state index in [1.807, 2.05) is 86.2 Å². The third kappa shape index (κ3) is 5.24. The number of methoxy groups -OCH3 is 1. The molecule has 1 aromatic carbocycles. The Morgan fingerprint density at radius 3 is 2.64 bits per heavy atom. The Morgan fingerprint density at radius 2 is 2.08 bits per heavy atom. The molecule has 0 bridgehead atoms. The molecule has 2 aromatic rings. The summed E-state index contributed by atoms with van der Waals surface area (Å²) >= 11 is 0. The third-order valence-corrected chi connectivity index (χ3v) is 4.06. The van der Waals surface area contributed by atoms with Crippen LogP contribution in [0.25, 0.3) is 0 Å². The lowest BCUT2D eigenvalue weighted by Crippen LogP contribution is -2.51. The molecule has 1 heterocycles. The quantitative estimate of drug-likeness (QED) is 0.315. The fourth-order valence-corrected chi connectivity index (χ4v) is 2.58. The molecule has 0 saturated heterocycles. The molecule has 0 fully saturated rings. The highest BCUT2D eigenvalue weighted by Gasteiger charge is 2.15. The van der Waals surface area contributed by atoms with E-state index in [1.165, 1.54) is 0 Å². The van der Waals surface area contributed by atoms with E-state index in [0.29, 0.717) is 13.0 Å². The van der Waals surface area contributed by atoms with Gasteiger partial charge in [-0.2, -0.15) is 7.28 Å². The smallest absolute Gasteiger partial charge is 0.268 e. The lowest BCUT2D eigenvalue weighted by atomic mass is 9.61. The van der Waals surface area contributed by atoms with Crippen LogP contribution in [0.3, 0.4) is 0 Å². The SMILES string of the molecule is C/C=C/COC(=O)C([B-]c1n(C)cc[n+]1C)Cc1ccc(OC)cc1. The van der Waals surface area contributed by atoms with Crippen LogP contribution in [-0.4, -0.2) is 31.5 Å². The van der Waals surface area contributed by atoms with Crippen LogP contribution in [0.15, 0.2) is 48.8 Å². The molecule has 1 unspecified atom stereocenters. The lowest BCUT2D eigenvalue weighted by Gasteiger charge is -2.25. The zero-order chi connectivity index (χ0) is 18.2. The third-order valence-electron chi connectivity index (χ3n) is 4.06. The number of rotatable bonds is 8. The van der Waals surface area contributed by atoms with Crippen molar-refractivity contribution in [3.05, 3.63) is 54.4 Å². The van der Waals surface area contributed by atoms with Crippen LogP contribution in [0.5, 0.6) is 5.75 Å². The molecule has 132 valence electrons. The van der Waals surface area contributed by atoms with Gasteiger partial charge in [0.05, 0.1) is 21.2 Å². The van der Waals surface area contributed by atoms with Crippen LogP contribution in [0.4, 0.5) is 0 Å². The van der Waals surface area contributed by atoms with Gasteiger partial charge in [-0.25, -0.2) is 0 Å². The summed E-state index contributed by atoms with van der Waals surface area (Å²) in [5, 5.41) is 0. The average Bonchev–Trinajstić information content (AvgIpc) is 2.93. The summed E-state index contributed by atoms with van der Waals surface area (Å²) in [6.45, 7) is 2.19. The normalized spacial score (nSPS) is 12.3. The largest absolute Gasteiger partial charge is 0.497 e. The van der Waals surface area contributed by atoms with Crippen LogP contribution in [0.2, 0.25) is 5.82 Å². The minimum absolute atomic E-state index is 0.227. The second-order valence-corrected chi connectivity index (χ2v) is 5.90. The van der Waals surface area contributed by atoms with E-state index in [9.17, 15) is 4.79 Å². The molecule has 6 heteroatoms. The van der Waals surface area contributed by atoms with Gasteiger partial charge in [0.2, 0.25) is 0 Å². The number of allylic oxidation sites excluding steroid dienone is 1. The Hall–Kier alpha value is -2.50. The molecule has 2 radical (unpaired) electrons. The topological polar surface area (TPSA) is 44.3 Å². The van der Waals surface area contributed by atoms with Gasteiger partial charge >= 0.3 is 0 Å². The van der Waals surface area contributed by atoms with E-state index in [1.54, 1.807) is 7.11 Å². The fourth-order valence-electron chi connectivity index (χ4n) is 2.58. The van der Waals surface area contributed by atoms with Crippen molar-refractivity contribution >= 4 is 19.0 Å². The van der Waals surface area contributed by atoms with Crippen molar-refractivity contribution in [2.45, 2.75) is 19.2 Å². The number of imidazole rings is 1. The maximum Gasteiger partial charge on any atom is 0.268 e. The number of carbonyl (C=O) groups excluding carboxylic acids is 1. The van der Waals surface area contributed by atoms with Gasteiger partial charge in [0.25, 0.3) is 5.97 Å². The molecule has 0 aliphatic heterocycles. The van der Waals surface area contributed by atoms with Crippen molar-refractivity contribution in [2.24, 2.45) is 14.1 Å². The highest BCUT2D eigenvalue weighted by Crippen LogP contribution is 2.18. The number of aromatic nitrogens is 2. The zero-order valence-corrected chi connectivity index (χ0v) is 15.3. The second kappa shape index (κ2) is 9.11. The summed E-state index contributed by atoms with van der Waals surface area (Å²) in [7, 11) is 7.52. The molecule has 0 amide bonds. The molecule has 5 nitrogen and oxygen atoms in total. The highest BCUT2D eigenvalue weighted by molar-refractivity contribution is 6.56. The van der Waals surface area contributed by atoms with Crippen LogP contribution in [0, 0.1) is 0 Å². The molecular weight excluding hydrogens is 315 g/mol. The monoisotopic (exact) mass is 340 g/mol. The Kier molecular flexibility index (Phi) is 6.86. The summed E-state index contributed by atoms with van der Waals surface area (Å²) in [6, 6.07) is 7.76. The Labute approximate surface area is 150 Å². The average molecular weight is 340 g/mol. The Morgan fingerprint density at radius 1 is 1.36 bits per heavy atom. The predicted octanol–water partition coefficient (Wildman–Crippen LogP) is 1.34. The summed E-state index contributed by atoms with van der Waals surface area (Å²) in [5.74, 6) is 0.211. The minimum atomic E-state index is -0.363. The number of hydrogen-bond acceptors (Lipinski definition) is 3. The molecule has 0 spiro atoms. The molecule has 1 aromatic heterocycles. The first-order chi connectivity index (χ1) is 12.0. The first-order valence-corrected chi connectivity index (χ1v) is 8.31. The number of nitrogens with zero attached hydrogens (tertiary/aromatic N) is 2. The van der Waals surface area contributed by atoms with Gasteiger partial charge in [-0.3, -0.25) is 13.9 Å². The zero-order valence-electron chi connectivity index (χ0n) is 15.3. The number of esters is 1. The number of benzene rings is 1. The molecule has 25 heavy (non-hydrogen) atoms. The van der Waals surface area contributed by atoms with E-state index in [2.05, 4.69) is 0 Å². The van der Waals surface area contributed by atoms with Crippen LogP contribution in [0.1, 0.15) is 12.5 Å². The Balaban J connectivity index is 2.16. The Bertz CT molecular complexity index is 703. The van der Waals surface area contributed by atoms with E-state index >= 15 is 0 Å². The predicted molar refractivity (Wildman–Crippen MR) is 98.2 cm³/mol. The van der Waals surface area contributed by atoms with Gasteiger partial charge in [-0.1, -0.05) is 36.3 Å². The second-order valence-electron chi connectivity index (χ2n) is 5.90. The maximum atomic E-state index is 12.6. The van der Waals surface area contributed by atoms with E-state index in [4.69, 9.17) is 9.47 Å². The molecule has 0 saturated carbocycles. The van der Waals surface area contributed by atoms with Gasteiger partial charge in [-0.05, 0) is 19.1 Å². The standard InChI is InChI=1S/C19H25BN2O3/c1-5-6-13-25-18(23)17(20-19-21(2)11-12-22(19)3)14-15-7-9-16(24-4)10-8-15/h5-12,17H,13-14H2,1-4H3/b6-5+. The summed E-state index contributed by atoms with van der Waals surface area (Å²) in [5.41, 5.74) is 2.02. The van der Waals surface area contributed by atoms with Crippen molar-refractivity contribution in [3.63, 3.8) is 0 Å². The first kappa shape index (κ1) is 18.8. The van der Waals surface area contributed by atoms with Crippen LogP contribution >= 0.6 is 0 Å². The van der Waals surface area contributed by atoms with Gasteiger partial charge < -0.3 is 9.47 Å². The molecule has 0 N–H and O–H groups in total. The van der Waals surface area contributed by atoms with Gasteiger partial charge in [-0.15, -0.1) is 5.82 Å². The van der Waals surface area contributed by atoms with Crippen molar-refractivity contribution in [2.75, 3.05) is 13.7 Å². The number of carbonyl (C=O) groups is 1. The van der Waals surface area contributed by atoms with Gasteiger partial charge in [0, 0.05) is 5.72 Å². The summed E-state index contributed by atoms with van der Waals surface area (Å²) in [6.07, 6.45) is 8.18. The van der Waals surface area contributed by atoms with Crippen molar-refractivity contribution < 1.29 is 18.8 Å².